The van der Waals surface area contributed by atoms with E-state index in [2.05, 4.69) is 42.9 Å². The minimum atomic E-state index is -1.26. The molecule has 0 atom stereocenters. The van der Waals surface area contributed by atoms with Crippen molar-refractivity contribution in [3.63, 3.8) is 0 Å². The third-order valence-electron chi connectivity index (χ3n) is 0.625. The van der Waals surface area contributed by atoms with Crippen LogP contribution in [0.15, 0.2) is 0 Å². The second-order valence-electron chi connectivity index (χ2n) is 2.88. The minimum absolute atomic E-state index is 0. The van der Waals surface area contributed by atoms with Gasteiger partial charge in [-0.05, 0) is 5.92 Å². The normalized spacial score (nSPS) is 7.09. The van der Waals surface area contributed by atoms with E-state index in [1.165, 1.54) is 0 Å². The van der Waals surface area contributed by atoms with Gasteiger partial charge in [0.15, 0.2) is 0 Å². The summed E-state index contributed by atoms with van der Waals surface area (Å²) in [6.45, 7) is 6.45. The van der Waals surface area contributed by atoms with Gasteiger partial charge in [-0.2, -0.15) is 0 Å². The molecule has 0 amide bonds. The quantitative estimate of drug-likeness (QED) is 0.345. The van der Waals surface area contributed by atoms with E-state index in [4.69, 9.17) is 6.42 Å². The predicted octanol–water partition coefficient (Wildman–Crippen LogP) is 1.46. The zero-order valence-corrected chi connectivity index (χ0v) is 9.59. The molecule has 0 rings (SSSR count). The van der Waals surface area contributed by atoms with Gasteiger partial charge in [0.05, 0.1) is 0 Å². The molecule has 0 aromatic rings. The van der Waals surface area contributed by atoms with E-state index < -0.39 is 8.07 Å². The third kappa shape index (κ3) is 12.7. The summed E-state index contributed by atoms with van der Waals surface area (Å²) in [6, 6.07) is 0. The van der Waals surface area contributed by atoms with Crippen LogP contribution < -0.4 is 0 Å². The monoisotopic (exact) mass is 247 g/mol. The third-order valence-corrected chi connectivity index (χ3v) is 1.50. The Bertz CT molecular complexity index is 256. The summed E-state index contributed by atoms with van der Waals surface area (Å²) in [5.41, 5.74) is 3.05. The van der Waals surface area contributed by atoms with Gasteiger partial charge < -0.3 is 6.42 Å². The van der Waals surface area contributed by atoms with Gasteiger partial charge in [-0.3, -0.25) is 5.92 Å². The molecule has 0 aliphatic carbocycles. The molecule has 0 aromatic heterocycles. The second-order valence-corrected chi connectivity index (χ2v) is 7.62. The van der Waals surface area contributed by atoms with Crippen LogP contribution in [0, 0.1) is 35.6 Å². The van der Waals surface area contributed by atoms with E-state index in [1.807, 2.05) is 5.92 Å². The average Bonchev–Trinajstić information content (AvgIpc) is 1.78. The molecule has 0 unspecified atom stereocenters. The SMILES string of the molecule is [C-]#CC#CC#C[Si](C)(C)C.[Ru+]. The topological polar surface area (TPSA) is 0 Å². The Morgan fingerprint density at radius 2 is 1.55 bits per heavy atom. The Morgan fingerprint density at radius 1 is 1.00 bits per heavy atom. The Morgan fingerprint density at radius 3 is 1.91 bits per heavy atom. The maximum Gasteiger partial charge on any atom is 1.00 e. The molecule has 0 bridgehead atoms. The summed E-state index contributed by atoms with van der Waals surface area (Å²) in [6.07, 6.45) is 6.46. The Balaban J connectivity index is 0. The van der Waals surface area contributed by atoms with Gasteiger partial charge >= 0.3 is 19.5 Å². The van der Waals surface area contributed by atoms with E-state index in [-0.39, 0.29) is 19.5 Å². The average molecular weight is 246 g/mol. The van der Waals surface area contributed by atoms with Crippen molar-refractivity contribution >= 4 is 8.07 Å². The first-order chi connectivity index (χ1) is 4.56. The molecule has 0 aliphatic heterocycles. The molecule has 0 nitrogen and oxygen atoms in total. The Labute approximate surface area is 82.9 Å². The van der Waals surface area contributed by atoms with Gasteiger partial charge in [-0.1, -0.05) is 19.6 Å². The van der Waals surface area contributed by atoms with Crippen molar-refractivity contribution in [1.29, 1.82) is 0 Å². The van der Waals surface area contributed by atoms with Crippen molar-refractivity contribution < 1.29 is 19.5 Å². The molecule has 0 saturated heterocycles. The first-order valence-electron chi connectivity index (χ1n) is 3.00. The van der Waals surface area contributed by atoms with Gasteiger partial charge in [-0.15, -0.1) is 11.5 Å². The largest absolute Gasteiger partial charge is 1.00 e. The molecule has 11 heavy (non-hydrogen) atoms. The molecule has 0 aromatic carbocycles. The number of hydrogen-bond donors (Lipinski definition) is 0. The standard InChI is InChI=1S/C9H9Si.Ru/c1-5-6-7-8-9-10(2,3)4;/h2-4H3;/q-1;+1. The molecule has 0 saturated carbocycles. The second kappa shape index (κ2) is 6.24. The summed E-state index contributed by atoms with van der Waals surface area (Å²) in [5, 5.41) is 0. The van der Waals surface area contributed by atoms with Crippen LogP contribution in [0.1, 0.15) is 0 Å². The van der Waals surface area contributed by atoms with Crippen molar-refractivity contribution in [3.05, 3.63) is 6.42 Å². The molecule has 0 aliphatic rings. The van der Waals surface area contributed by atoms with Crippen LogP contribution in [-0.4, -0.2) is 8.07 Å². The van der Waals surface area contributed by atoms with Crippen LogP contribution in [0.5, 0.6) is 0 Å². The zero-order valence-electron chi connectivity index (χ0n) is 6.85. The maximum absolute atomic E-state index is 6.46. The summed E-state index contributed by atoms with van der Waals surface area (Å²) in [7, 11) is -1.26. The molecule has 57 valence electrons. The molecule has 0 spiro atoms. The van der Waals surface area contributed by atoms with Crippen LogP contribution in [0.3, 0.4) is 0 Å². The van der Waals surface area contributed by atoms with Crippen LogP contribution in [0.2, 0.25) is 19.6 Å². The molecule has 2 heteroatoms. The fourth-order valence-corrected chi connectivity index (χ4v) is 0.719. The predicted molar refractivity (Wildman–Crippen MR) is 46.0 cm³/mol. The van der Waals surface area contributed by atoms with Crippen molar-refractivity contribution in [2.45, 2.75) is 19.6 Å². The van der Waals surface area contributed by atoms with E-state index in [1.54, 1.807) is 0 Å². The maximum atomic E-state index is 6.46. The Hall–Kier alpha value is -0.480. The molecular weight excluding hydrogens is 237 g/mol. The number of rotatable bonds is 0. The zero-order chi connectivity index (χ0) is 8.04. The summed E-state index contributed by atoms with van der Waals surface area (Å²) < 4.78 is 0. The molecular formula is C9H9RuSi. The van der Waals surface area contributed by atoms with Gasteiger partial charge in [0.25, 0.3) is 0 Å². The van der Waals surface area contributed by atoms with Crippen LogP contribution in [0.25, 0.3) is 0 Å². The van der Waals surface area contributed by atoms with E-state index >= 15 is 0 Å². The number of hydrogen-bond acceptors (Lipinski definition) is 0. The van der Waals surface area contributed by atoms with Gasteiger partial charge in [-0.25, -0.2) is 5.92 Å². The van der Waals surface area contributed by atoms with Crippen molar-refractivity contribution in [2.24, 2.45) is 0 Å². The van der Waals surface area contributed by atoms with Gasteiger partial charge in [0, 0.05) is 0 Å². The fourth-order valence-electron chi connectivity index (χ4n) is 0.281. The first-order valence-corrected chi connectivity index (χ1v) is 6.50. The molecule has 1 radical (unpaired) electrons. The summed E-state index contributed by atoms with van der Waals surface area (Å²) >= 11 is 0. The smallest absolute Gasteiger partial charge is 0.358 e. The van der Waals surface area contributed by atoms with Crippen LogP contribution in [-0.2, 0) is 19.5 Å². The van der Waals surface area contributed by atoms with Crippen LogP contribution >= 0.6 is 0 Å². The first kappa shape index (κ1) is 13.1. The van der Waals surface area contributed by atoms with Crippen LogP contribution in [0.4, 0.5) is 0 Å². The Kier molecular flexibility index (Phi) is 7.46. The fraction of sp³-hybridized carbons (Fsp3) is 0.333. The molecule has 0 fully saturated rings. The van der Waals surface area contributed by atoms with E-state index in [9.17, 15) is 0 Å². The molecule has 0 N–H and O–H groups in total. The van der Waals surface area contributed by atoms with E-state index in [0.29, 0.717) is 0 Å². The van der Waals surface area contributed by atoms with Gasteiger partial charge in [0.2, 0.25) is 0 Å². The van der Waals surface area contributed by atoms with Crippen molar-refractivity contribution in [2.75, 3.05) is 0 Å². The van der Waals surface area contributed by atoms with E-state index in [0.717, 1.165) is 0 Å². The molecule has 0 heterocycles. The minimum Gasteiger partial charge on any atom is -0.358 e. The van der Waals surface area contributed by atoms with Crippen molar-refractivity contribution in [3.8, 4) is 29.2 Å². The summed E-state index contributed by atoms with van der Waals surface area (Å²) in [5.74, 6) is 9.50. The van der Waals surface area contributed by atoms with Gasteiger partial charge in [0.1, 0.15) is 8.07 Å². The summed E-state index contributed by atoms with van der Waals surface area (Å²) in [4.78, 5) is 0. The van der Waals surface area contributed by atoms with Crippen molar-refractivity contribution in [1.82, 2.24) is 0 Å².